The standard InChI is InChI=1S/C25H34O5Si/c1-25(2,3)31(21-11-7-5-8-12-21,22-13-9-6-10-14-22)30-19-24-23(15-16-28-24)29-20-27-18-17-26-4/h5-16,23-24H,17-20H2,1-4H3/t23-,24+/m0/s1. The molecule has 6 heteroatoms. The third-order valence-corrected chi connectivity index (χ3v) is 10.5. The van der Waals surface area contributed by atoms with Crippen LogP contribution in [0.1, 0.15) is 20.8 Å². The fourth-order valence-electron chi connectivity index (χ4n) is 4.02. The third kappa shape index (κ3) is 5.64. The Labute approximate surface area is 187 Å². The van der Waals surface area contributed by atoms with E-state index in [4.69, 9.17) is 23.4 Å². The maximum atomic E-state index is 6.96. The van der Waals surface area contributed by atoms with Crippen molar-refractivity contribution >= 4 is 18.7 Å². The van der Waals surface area contributed by atoms with Gasteiger partial charge < -0.3 is 23.4 Å². The number of benzene rings is 2. The molecule has 0 saturated carbocycles. The highest BCUT2D eigenvalue weighted by Crippen LogP contribution is 2.37. The van der Waals surface area contributed by atoms with E-state index in [0.29, 0.717) is 19.8 Å². The molecule has 2 aromatic carbocycles. The van der Waals surface area contributed by atoms with Crippen LogP contribution in [0.5, 0.6) is 0 Å². The topological polar surface area (TPSA) is 46.2 Å². The van der Waals surface area contributed by atoms with Crippen LogP contribution in [-0.2, 0) is 23.4 Å². The largest absolute Gasteiger partial charge is 0.493 e. The molecule has 3 rings (SSSR count). The highest BCUT2D eigenvalue weighted by Gasteiger charge is 2.50. The van der Waals surface area contributed by atoms with Crippen LogP contribution in [0.25, 0.3) is 0 Å². The average molecular weight is 443 g/mol. The summed E-state index contributed by atoms with van der Waals surface area (Å²) < 4.78 is 29.1. The Morgan fingerprint density at radius 1 is 0.903 bits per heavy atom. The summed E-state index contributed by atoms with van der Waals surface area (Å²) >= 11 is 0. The zero-order chi connectivity index (χ0) is 22.2. The molecule has 0 radical (unpaired) electrons. The molecule has 0 aromatic heterocycles. The van der Waals surface area contributed by atoms with Gasteiger partial charge in [0.05, 0.1) is 26.1 Å². The van der Waals surface area contributed by atoms with Crippen LogP contribution in [0.15, 0.2) is 73.0 Å². The van der Waals surface area contributed by atoms with Crippen molar-refractivity contribution in [3.63, 3.8) is 0 Å². The van der Waals surface area contributed by atoms with Gasteiger partial charge in [-0.1, -0.05) is 81.4 Å². The minimum atomic E-state index is -2.61. The van der Waals surface area contributed by atoms with Gasteiger partial charge in [-0.3, -0.25) is 0 Å². The van der Waals surface area contributed by atoms with E-state index < -0.39 is 8.32 Å². The van der Waals surface area contributed by atoms with Crippen LogP contribution in [-0.4, -0.2) is 54.2 Å². The van der Waals surface area contributed by atoms with Gasteiger partial charge in [0.2, 0.25) is 0 Å². The van der Waals surface area contributed by atoms with Crippen LogP contribution >= 0.6 is 0 Å². The van der Waals surface area contributed by atoms with Crippen molar-refractivity contribution in [1.82, 2.24) is 0 Å². The summed E-state index contributed by atoms with van der Waals surface area (Å²) in [5, 5.41) is 2.42. The van der Waals surface area contributed by atoms with Crippen LogP contribution < -0.4 is 10.4 Å². The summed E-state index contributed by atoms with van der Waals surface area (Å²) in [6, 6.07) is 21.2. The molecular formula is C25H34O5Si. The molecule has 0 aliphatic carbocycles. The quantitative estimate of drug-likeness (QED) is 0.303. The third-order valence-electron chi connectivity index (χ3n) is 5.54. The summed E-state index contributed by atoms with van der Waals surface area (Å²) in [7, 11) is -0.958. The fraction of sp³-hybridized carbons (Fsp3) is 0.440. The zero-order valence-corrected chi connectivity index (χ0v) is 20.0. The molecular weight excluding hydrogens is 408 g/mol. The SMILES string of the molecule is COCCOCO[C@H]1C=CO[C@@H]1CO[Si](c1ccccc1)(c1ccccc1)C(C)(C)C. The Morgan fingerprint density at radius 2 is 1.52 bits per heavy atom. The van der Waals surface area contributed by atoms with Crippen molar-refractivity contribution in [2.75, 3.05) is 33.7 Å². The molecule has 0 bridgehead atoms. The molecule has 2 aromatic rings. The smallest absolute Gasteiger partial charge is 0.261 e. The van der Waals surface area contributed by atoms with Crippen LogP contribution in [0.3, 0.4) is 0 Å². The van der Waals surface area contributed by atoms with Gasteiger partial charge in [0.1, 0.15) is 19.0 Å². The summed E-state index contributed by atoms with van der Waals surface area (Å²) in [5.74, 6) is 0. The summed E-state index contributed by atoms with van der Waals surface area (Å²) in [6.07, 6.45) is 3.19. The van der Waals surface area contributed by atoms with Crippen molar-refractivity contribution in [3.05, 3.63) is 73.0 Å². The minimum Gasteiger partial charge on any atom is -0.493 e. The highest BCUT2D eigenvalue weighted by molar-refractivity contribution is 6.99. The summed E-state index contributed by atoms with van der Waals surface area (Å²) in [4.78, 5) is 0. The van der Waals surface area contributed by atoms with E-state index in [1.807, 2.05) is 18.2 Å². The fourth-order valence-corrected chi connectivity index (χ4v) is 8.59. The van der Waals surface area contributed by atoms with Crippen molar-refractivity contribution in [2.24, 2.45) is 0 Å². The van der Waals surface area contributed by atoms with Crippen LogP contribution in [0, 0.1) is 0 Å². The monoisotopic (exact) mass is 442 g/mol. The maximum absolute atomic E-state index is 6.96. The lowest BCUT2D eigenvalue weighted by atomic mass is 10.2. The first-order valence-electron chi connectivity index (χ1n) is 10.7. The normalized spacial score (nSPS) is 18.8. The molecule has 0 unspecified atom stereocenters. The maximum Gasteiger partial charge on any atom is 0.261 e. The van der Waals surface area contributed by atoms with Crippen LogP contribution in [0.4, 0.5) is 0 Å². The molecule has 0 saturated heterocycles. The van der Waals surface area contributed by atoms with Gasteiger partial charge in [0.15, 0.2) is 0 Å². The van der Waals surface area contributed by atoms with Crippen molar-refractivity contribution in [2.45, 2.75) is 38.0 Å². The molecule has 1 aliphatic rings. The Morgan fingerprint density at radius 3 is 2.06 bits per heavy atom. The predicted octanol–water partition coefficient (Wildman–Crippen LogP) is 3.48. The number of rotatable bonds is 11. The lowest BCUT2D eigenvalue weighted by Gasteiger charge is -2.43. The molecule has 0 amide bonds. The Kier molecular flexibility index (Phi) is 8.46. The van der Waals surface area contributed by atoms with Crippen molar-refractivity contribution in [1.29, 1.82) is 0 Å². The molecule has 1 heterocycles. The number of ether oxygens (including phenoxy) is 4. The molecule has 2 atom stereocenters. The summed E-state index contributed by atoms with van der Waals surface area (Å²) in [5.41, 5.74) is 0. The predicted molar refractivity (Wildman–Crippen MR) is 125 cm³/mol. The van der Waals surface area contributed by atoms with Gasteiger partial charge >= 0.3 is 0 Å². The molecule has 31 heavy (non-hydrogen) atoms. The lowest BCUT2D eigenvalue weighted by molar-refractivity contribution is -0.111. The molecule has 0 fully saturated rings. The molecule has 0 spiro atoms. The van der Waals surface area contributed by atoms with Gasteiger partial charge in [-0.2, -0.15) is 0 Å². The van der Waals surface area contributed by atoms with E-state index in [2.05, 4.69) is 69.3 Å². The van der Waals surface area contributed by atoms with Gasteiger partial charge in [-0.25, -0.2) is 0 Å². The second-order valence-electron chi connectivity index (χ2n) is 8.63. The lowest BCUT2D eigenvalue weighted by Crippen LogP contribution is -2.67. The number of methoxy groups -OCH3 is 1. The summed E-state index contributed by atoms with van der Waals surface area (Å²) in [6.45, 7) is 8.47. The van der Waals surface area contributed by atoms with E-state index in [0.717, 1.165) is 0 Å². The van der Waals surface area contributed by atoms with Crippen molar-refractivity contribution < 1.29 is 23.4 Å². The molecule has 168 valence electrons. The second kappa shape index (κ2) is 11.1. The van der Waals surface area contributed by atoms with E-state index in [9.17, 15) is 0 Å². The second-order valence-corrected chi connectivity index (χ2v) is 12.9. The van der Waals surface area contributed by atoms with E-state index in [1.165, 1.54) is 10.4 Å². The first-order chi connectivity index (χ1) is 15.0. The molecule has 5 nitrogen and oxygen atoms in total. The zero-order valence-electron chi connectivity index (χ0n) is 19.0. The van der Waals surface area contributed by atoms with Crippen LogP contribution in [0.2, 0.25) is 5.04 Å². The Hall–Kier alpha value is -1.96. The van der Waals surface area contributed by atoms with E-state index in [-0.39, 0.29) is 24.0 Å². The number of hydrogen-bond acceptors (Lipinski definition) is 5. The highest BCUT2D eigenvalue weighted by atomic mass is 28.4. The van der Waals surface area contributed by atoms with Gasteiger partial charge in [0.25, 0.3) is 8.32 Å². The van der Waals surface area contributed by atoms with E-state index in [1.54, 1.807) is 13.4 Å². The van der Waals surface area contributed by atoms with Gasteiger partial charge in [-0.05, 0) is 21.5 Å². The minimum absolute atomic E-state index is 0.0820. The first-order valence-corrected chi connectivity index (χ1v) is 12.7. The Balaban J connectivity index is 1.80. The van der Waals surface area contributed by atoms with Gasteiger partial charge in [-0.15, -0.1) is 0 Å². The molecule has 1 aliphatic heterocycles. The number of hydrogen-bond donors (Lipinski definition) is 0. The Bertz CT molecular complexity index is 764. The van der Waals surface area contributed by atoms with E-state index >= 15 is 0 Å². The van der Waals surface area contributed by atoms with Gasteiger partial charge in [0, 0.05) is 7.11 Å². The average Bonchev–Trinajstić information content (AvgIpc) is 3.22. The van der Waals surface area contributed by atoms with Crippen molar-refractivity contribution in [3.8, 4) is 0 Å². The molecule has 0 N–H and O–H groups in total. The first kappa shape index (κ1) is 23.7.